The molecule has 1 fully saturated rings. The second-order valence-corrected chi connectivity index (χ2v) is 5.40. The second kappa shape index (κ2) is 7.87. The summed E-state index contributed by atoms with van der Waals surface area (Å²) < 4.78 is 15.8. The van der Waals surface area contributed by atoms with E-state index in [1.807, 2.05) is 0 Å². The molecule has 0 aromatic heterocycles. The van der Waals surface area contributed by atoms with Gasteiger partial charge in [-0.05, 0) is 17.7 Å². The van der Waals surface area contributed by atoms with Crippen LogP contribution in [-0.4, -0.2) is 68.9 Å². The molecule has 0 spiro atoms. The zero-order valence-electron chi connectivity index (χ0n) is 14.0. The maximum atomic E-state index is 12.5. The molecule has 1 amide bonds. The normalized spacial score (nSPS) is 17.3. The van der Waals surface area contributed by atoms with Gasteiger partial charge < -0.3 is 29.5 Å². The van der Waals surface area contributed by atoms with Crippen molar-refractivity contribution >= 4 is 11.9 Å². The van der Waals surface area contributed by atoms with Crippen molar-refractivity contribution in [1.82, 2.24) is 10.2 Å². The van der Waals surface area contributed by atoms with Crippen LogP contribution in [0.2, 0.25) is 0 Å². The Labute approximate surface area is 140 Å². The number of benzene rings is 1. The summed E-state index contributed by atoms with van der Waals surface area (Å²) in [5.74, 6) is 0.313. The van der Waals surface area contributed by atoms with Crippen LogP contribution < -0.4 is 19.5 Å². The summed E-state index contributed by atoms with van der Waals surface area (Å²) in [6.45, 7) is 1.09. The number of carboxylic acids is 1. The van der Waals surface area contributed by atoms with Crippen LogP contribution in [0.15, 0.2) is 12.1 Å². The minimum absolute atomic E-state index is 0.128. The second-order valence-electron chi connectivity index (χ2n) is 5.40. The summed E-state index contributed by atoms with van der Waals surface area (Å²) in [6.07, 6.45) is 0.128. The zero-order chi connectivity index (χ0) is 17.7. The predicted octanol–water partition coefficient (Wildman–Crippen LogP) is 0.140. The van der Waals surface area contributed by atoms with Crippen LogP contribution in [0.3, 0.4) is 0 Å². The summed E-state index contributed by atoms with van der Waals surface area (Å²) in [6, 6.07) is 2.70. The highest BCUT2D eigenvalue weighted by atomic mass is 16.5. The Bertz CT molecular complexity index is 594. The standard InChI is InChI=1S/C16H22N2O6/c1-22-12-6-10(7-13(23-2)15(12)24-3)8-14(19)18-5-4-17-11(9-18)16(20)21/h6-7,11,17H,4-5,8-9H2,1-3H3,(H,20,21)/t11-/m0/s1. The van der Waals surface area contributed by atoms with Crippen LogP contribution in [0.4, 0.5) is 0 Å². The number of nitrogens with zero attached hydrogens (tertiary/aromatic N) is 1. The lowest BCUT2D eigenvalue weighted by molar-refractivity contribution is -0.142. The Morgan fingerprint density at radius 2 is 1.83 bits per heavy atom. The molecule has 0 radical (unpaired) electrons. The van der Waals surface area contributed by atoms with E-state index in [1.54, 1.807) is 17.0 Å². The van der Waals surface area contributed by atoms with E-state index in [2.05, 4.69) is 5.32 Å². The van der Waals surface area contributed by atoms with E-state index < -0.39 is 12.0 Å². The lowest BCUT2D eigenvalue weighted by Gasteiger charge is -2.31. The van der Waals surface area contributed by atoms with Gasteiger partial charge in [-0.15, -0.1) is 0 Å². The lowest BCUT2D eigenvalue weighted by Crippen LogP contribution is -2.56. The third-order valence-electron chi connectivity index (χ3n) is 3.91. The highest BCUT2D eigenvalue weighted by molar-refractivity contribution is 5.81. The van der Waals surface area contributed by atoms with Crippen LogP contribution in [0.1, 0.15) is 5.56 Å². The largest absolute Gasteiger partial charge is 0.493 e. The highest BCUT2D eigenvalue weighted by Gasteiger charge is 2.28. The molecule has 1 aliphatic rings. The van der Waals surface area contributed by atoms with E-state index in [4.69, 9.17) is 19.3 Å². The highest BCUT2D eigenvalue weighted by Crippen LogP contribution is 2.38. The lowest BCUT2D eigenvalue weighted by atomic mass is 10.1. The van der Waals surface area contributed by atoms with Crippen molar-refractivity contribution in [2.75, 3.05) is 41.0 Å². The number of methoxy groups -OCH3 is 3. The molecule has 1 aromatic rings. The van der Waals surface area contributed by atoms with E-state index >= 15 is 0 Å². The van der Waals surface area contributed by atoms with Crippen molar-refractivity contribution in [2.24, 2.45) is 0 Å². The third kappa shape index (κ3) is 3.88. The predicted molar refractivity (Wildman–Crippen MR) is 85.8 cm³/mol. The van der Waals surface area contributed by atoms with Gasteiger partial charge in [0, 0.05) is 19.6 Å². The molecule has 1 aromatic carbocycles. The quantitative estimate of drug-likeness (QED) is 0.761. The van der Waals surface area contributed by atoms with Gasteiger partial charge >= 0.3 is 5.97 Å². The first kappa shape index (κ1) is 17.9. The maximum absolute atomic E-state index is 12.5. The monoisotopic (exact) mass is 338 g/mol. The van der Waals surface area contributed by atoms with Gasteiger partial charge in [0.05, 0.1) is 27.8 Å². The molecule has 24 heavy (non-hydrogen) atoms. The van der Waals surface area contributed by atoms with E-state index in [0.717, 1.165) is 0 Å². The van der Waals surface area contributed by atoms with Crippen molar-refractivity contribution < 1.29 is 28.9 Å². The SMILES string of the molecule is COc1cc(CC(=O)N2CCN[C@H](C(=O)O)C2)cc(OC)c1OC. The van der Waals surface area contributed by atoms with E-state index in [9.17, 15) is 9.59 Å². The maximum Gasteiger partial charge on any atom is 0.322 e. The molecule has 132 valence electrons. The molecule has 2 N–H and O–H groups in total. The van der Waals surface area contributed by atoms with Crippen LogP contribution in [0, 0.1) is 0 Å². The number of aliphatic carboxylic acids is 1. The summed E-state index contributed by atoms with van der Waals surface area (Å²) in [5, 5.41) is 11.9. The van der Waals surface area contributed by atoms with Crippen LogP contribution in [0.25, 0.3) is 0 Å². The van der Waals surface area contributed by atoms with Crippen molar-refractivity contribution in [3.05, 3.63) is 17.7 Å². The van der Waals surface area contributed by atoms with Gasteiger partial charge in [0.25, 0.3) is 0 Å². The van der Waals surface area contributed by atoms with Crippen molar-refractivity contribution in [2.45, 2.75) is 12.5 Å². The van der Waals surface area contributed by atoms with Gasteiger partial charge in [-0.25, -0.2) is 0 Å². The molecule has 0 saturated carbocycles. The zero-order valence-corrected chi connectivity index (χ0v) is 14.0. The molecular formula is C16H22N2O6. The smallest absolute Gasteiger partial charge is 0.322 e. The Balaban J connectivity index is 2.15. The summed E-state index contributed by atoms with van der Waals surface area (Å²) in [4.78, 5) is 25.1. The molecule has 8 nitrogen and oxygen atoms in total. The number of piperazine rings is 1. The number of amides is 1. The number of ether oxygens (including phenoxy) is 3. The Kier molecular flexibility index (Phi) is 5.86. The van der Waals surface area contributed by atoms with Crippen LogP contribution in [-0.2, 0) is 16.0 Å². The average molecular weight is 338 g/mol. The number of hydrogen-bond donors (Lipinski definition) is 2. The topological polar surface area (TPSA) is 97.3 Å². The van der Waals surface area contributed by atoms with Gasteiger partial charge in [0.2, 0.25) is 11.7 Å². The fourth-order valence-electron chi connectivity index (χ4n) is 2.67. The molecule has 0 unspecified atom stereocenters. The van der Waals surface area contributed by atoms with Gasteiger partial charge in [0.1, 0.15) is 6.04 Å². The molecule has 1 heterocycles. The molecule has 0 aliphatic carbocycles. The fraction of sp³-hybridized carbons (Fsp3) is 0.500. The molecule has 2 rings (SSSR count). The average Bonchev–Trinajstić information content (AvgIpc) is 2.60. The number of hydrogen-bond acceptors (Lipinski definition) is 6. The van der Waals surface area contributed by atoms with Crippen molar-refractivity contribution in [3.63, 3.8) is 0 Å². The molecular weight excluding hydrogens is 316 g/mol. The third-order valence-corrected chi connectivity index (χ3v) is 3.91. The minimum atomic E-state index is -0.958. The Morgan fingerprint density at radius 3 is 2.33 bits per heavy atom. The van der Waals surface area contributed by atoms with Gasteiger partial charge in [-0.2, -0.15) is 0 Å². The summed E-state index contributed by atoms with van der Waals surface area (Å²) >= 11 is 0. The van der Waals surface area contributed by atoms with Crippen molar-refractivity contribution in [3.8, 4) is 17.2 Å². The van der Waals surface area contributed by atoms with E-state index in [0.29, 0.717) is 35.9 Å². The van der Waals surface area contributed by atoms with Crippen LogP contribution >= 0.6 is 0 Å². The number of rotatable bonds is 6. The molecule has 1 saturated heterocycles. The van der Waals surface area contributed by atoms with Gasteiger partial charge in [0.15, 0.2) is 11.5 Å². The summed E-state index contributed by atoms with van der Waals surface area (Å²) in [7, 11) is 4.53. The van der Waals surface area contributed by atoms with Crippen molar-refractivity contribution in [1.29, 1.82) is 0 Å². The number of carbonyl (C=O) groups is 2. The summed E-state index contributed by atoms with van der Waals surface area (Å²) in [5.41, 5.74) is 0.708. The minimum Gasteiger partial charge on any atom is -0.493 e. The molecule has 8 heteroatoms. The first-order valence-corrected chi connectivity index (χ1v) is 7.53. The Hall–Kier alpha value is -2.48. The number of carbonyl (C=O) groups excluding carboxylic acids is 1. The molecule has 1 aliphatic heterocycles. The first-order valence-electron chi connectivity index (χ1n) is 7.53. The van der Waals surface area contributed by atoms with E-state index in [-0.39, 0.29) is 18.9 Å². The molecule has 0 bridgehead atoms. The van der Waals surface area contributed by atoms with Gasteiger partial charge in [-0.1, -0.05) is 0 Å². The molecule has 1 atom stereocenters. The fourth-order valence-corrected chi connectivity index (χ4v) is 2.67. The van der Waals surface area contributed by atoms with E-state index in [1.165, 1.54) is 21.3 Å². The van der Waals surface area contributed by atoms with Gasteiger partial charge in [-0.3, -0.25) is 9.59 Å². The first-order chi connectivity index (χ1) is 11.5. The number of nitrogens with one attached hydrogen (secondary N) is 1. The number of carboxylic acid groups (broad SMARTS) is 1. The van der Waals surface area contributed by atoms with Crippen LogP contribution in [0.5, 0.6) is 17.2 Å². The Morgan fingerprint density at radius 1 is 1.21 bits per heavy atom.